The van der Waals surface area contributed by atoms with Crippen LogP contribution in [0.25, 0.3) is 0 Å². The highest BCUT2D eigenvalue weighted by molar-refractivity contribution is 7.99. The molecule has 0 aromatic heterocycles. The minimum Gasteiger partial charge on any atom is -0.481 e. The van der Waals surface area contributed by atoms with Gasteiger partial charge in [-0.2, -0.15) is 0 Å². The van der Waals surface area contributed by atoms with Crippen LogP contribution in [-0.4, -0.2) is 36.0 Å². The highest BCUT2D eigenvalue weighted by Crippen LogP contribution is 2.37. The van der Waals surface area contributed by atoms with Crippen LogP contribution in [0.1, 0.15) is 35.8 Å². The maximum absolute atomic E-state index is 10.9. The summed E-state index contributed by atoms with van der Waals surface area (Å²) in [5, 5.41) is 12.4. The molecule has 26 heavy (non-hydrogen) atoms. The molecule has 2 aromatic rings. The van der Waals surface area contributed by atoms with E-state index in [0.29, 0.717) is 12.0 Å². The summed E-state index contributed by atoms with van der Waals surface area (Å²) < 4.78 is 0. The van der Waals surface area contributed by atoms with Gasteiger partial charge in [0.25, 0.3) is 0 Å². The Morgan fingerprint density at radius 3 is 2.54 bits per heavy atom. The fraction of sp³-hybridized carbons (Fsp3) is 0.381. The van der Waals surface area contributed by atoms with E-state index < -0.39 is 5.97 Å². The number of nitrogens with two attached hydrogens (primary N) is 1. The molecule has 0 spiro atoms. The lowest BCUT2D eigenvalue weighted by molar-refractivity contribution is -0.138. The zero-order valence-corrected chi connectivity index (χ0v) is 15.6. The number of carboxylic acids is 1. The standard InChI is InChI=1S/C11H16N2.C10H10O2S/c12-11-6-7-13-8-10(11)9-4-2-1-3-5-9;11-10(12)8-5-6-13-9-4-2-1-3-7(8)9/h1-5,10-11,13H,6-8,12H2;1-4,8H,5-6H2,(H,11,12). The van der Waals surface area contributed by atoms with Crippen LogP contribution in [0.5, 0.6) is 0 Å². The zero-order chi connectivity index (χ0) is 18.4. The van der Waals surface area contributed by atoms with Crippen LogP contribution in [0.4, 0.5) is 0 Å². The Bertz CT molecular complexity index is 723. The summed E-state index contributed by atoms with van der Waals surface area (Å²) in [7, 11) is 0. The first-order valence-corrected chi connectivity index (χ1v) is 10.1. The third-order valence-electron chi connectivity index (χ3n) is 5.02. The molecular formula is C21H26N2O2S. The van der Waals surface area contributed by atoms with Crippen LogP contribution in [-0.2, 0) is 4.79 Å². The van der Waals surface area contributed by atoms with Gasteiger partial charge in [0.15, 0.2) is 0 Å². The van der Waals surface area contributed by atoms with Crippen LogP contribution < -0.4 is 11.1 Å². The van der Waals surface area contributed by atoms with E-state index in [4.69, 9.17) is 10.8 Å². The highest BCUT2D eigenvalue weighted by Gasteiger charge is 2.25. The molecule has 0 saturated carbocycles. The van der Waals surface area contributed by atoms with Gasteiger partial charge in [-0.05, 0) is 42.3 Å². The molecular weight excluding hydrogens is 344 g/mol. The number of hydrogen-bond acceptors (Lipinski definition) is 4. The quantitative estimate of drug-likeness (QED) is 0.755. The molecule has 138 valence electrons. The number of aliphatic carboxylic acids is 1. The van der Waals surface area contributed by atoms with Crippen LogP contribution in [0, 0.1) is 0 Å². The molecule has 4 rings (SSSR count). The van der Waals surface area contributed by atoms with Crippen molar-refractivity contribution >= 4 is 17.7 Å². The monoisotopic (exact) mass is 370 g/mol. The Kier molecular flexibility index (Phi) is 6.72. The van der Waals surface area contributed by atoms with Gasteiger partial charge in [-0.15, -0.1) is 11.8 Å². The van der Waals surface area contributed by atoms with E-state index in [1.54, 1.807) is 11.8 Å². The first-order valence-electron chi connectivity index (χ1n) is 9.12. The lowest BCUT2D eigenvalue weighted by Gasteiger charge is -2.29. The number of piperidine rings is 1. The van der Waals surface area contributed by atoms with Gasteiger partial charge in [-0.25, -0.2) is 0 Å². The lowest BCUT2D eigenvalue weighted by atomic mass is 9.88. The van der Waals surface area contributed by atoms with Gasteiger partial charge in [0, 0.05) is 23.4 Å². The SMILES string of the molecule is NC1CCNCC1c1ccccc1.O=C(O)C1CCSc2ccccc21. The minimum absolute atomic E-state index is 0.294. The topological polar surface area (TPSA) is 75.3 Å². The van der Waals surface area contributed by atoms with Gasteiger partial charge >= 0.3 is 5.97 Å². The molecule has 0 bridgehead atoms. The summed E-state index contributed by atoms with van der Waals surface area (Å²) in [5.74, 6) is 0.411. The van der Waals surface area contributed by atoms with Crippen LogP contribution in [0.3, 0.4) is 0 Å². The molecule has 3 unspecified atom stereocenters. The van der Waals surface area contributed by atoms with Crippen molar-refractivity contribution in [2.45, 2.75) is 35.6 Å². The average molecular weight is 371 g/mol. The molecule has 1 fully saturated rings. The molecule has 2 aliphatic rings. The van der Waals surface area contributed by atoms with Crippen molar-refractivity contribution in [3.63, 3.8) is 0 Å². The zero-order valence-electron chi connectivity index (χ0n) is 14.8. The van der Waals surface area contributed by atoms with E-state index in [1.165, 1.54) is 5.56 Å². The third kappa shape index (κ3) is 4.67. The number of rotatable bonds is 2. The van der Waals surface area contributed by atoms with Gasteiger partial charge in [0.1, 0.15) is 0 Å². The van der Waals surface area contributed by atoms with E-state index in [9.17, 15) is 4.79 Å². The van der Waals surface area contributed by atoms with Crippen LogP contribution in [0.2, 0.25) is 0 Å². The second kappa shape index (κ2) is 9.21. The summed E-state index contributed by atoms with van der Waals surface area (Å²) in [6.45, 7) is 2.08. The number of hydrogen-bond donors (Lipinski definition) is 3. The summed E-state index contributed by atoms with van der Waals surface area (Å²) in [6, 6.07) is 18.6. The Morgan fingerprint density at radius 1 is 1.08 bits per heavy atom. The predicted molar refractivity (Wildman–Crippen MR) is 107 cm³/mol. The van der Waals surface area contributed by atoms with Crippen molar-refractivity contribution in [1.82, 2.24) is 5.32 Å². The van der Waals surface area contributed by atoms with Crippen molar-refractivity contribution in [3.8, 4) is 0 Å². The molecule has 2 heterocycles. The first-order chi connectivity index (χ1) is 12.7. The van der Waals surface area contributed by atoms with Crippen molar-refractivity contribution in [1.29, 1.82) is 0 Å². The second-order valence-corrected chi connectivity index (χ2v) is 7.88. The van der Waals surface area contributed by atoms with Gasteiger partial charge in [0.2, 0.25) is 0 Å². The van der Waals surface area contributed by atoms with Crippen molar-refractivity contribution in [2.24, 2.45) is 5.73 Å². The fourth-order valence-corrected chi connectivity index (χ4v) is 4.67. The van der Waals surface area contributed by atoms with E-state index in [0.717, 1.165) is 42.1 Å². The molecule has 0 radical (unpaired) electrons. The third-order valence-corrected chi connectivity index (χ3v) is 6.14. The molecule has 2 aliphatic heterocycles. The molecule has 5 heteroatoms. The predicted octanol–water partition coefficient (Wildman–Crippen LogP) is 3.44. The Morgan fingerprint density at radius 2 is 1.81 bits per heavy atom. The first kappa shape index (κ1) is 19.0. The fourth-order valence-electron chi connectivity index (χ4n) is 3.54. The summed E-state index contributed by atoms with van der Waals surface area (Å²) in [6.07, 6.45) is 1.83. The average Bonchev–Trinajstić information content (AvgIpc) is 2.69. The smallest absolute Gasteiger partial charge is 0.311 e. The van der Waals surface area contributed by atoms with E-state index >= 15 is 0 Å². The van der Waals surface area contributed by atoms with Crippen LogP contribution in [0.15, 0.2) is 59.5 Å². The second-order valence-electron chi connectivity index (χ2n) is 6.74. The lowest BCUT2D eigenvalue weighted by Crippen LogP contribution is -2.43. The molecule has 4 nitrogen and oxygen atoms in total. The molecule has 0 aliphatic carbocycles. The molecule has 3 atom stereocenters. The molecule has 2 aromatic carbocycles. The van der Waals surface area contributed by atoms with Gasteiger partial charge in [-0.3, -0.25) is 4.79 Å². The van der Waals surface area contributed by atoms with E-state index in [2.05, 4.69) is 29.6 Å². The molecule has 4 N–H and O–H groups in total. The van der Waals surface area contributed by atoms with Crippen molar-refractivity contribution in [2.75, 3.05) is 18.8 Å². The normalized spacial score (nSPS) is 24.7. The number of nitrogens with one attached hydrogen (secondary N) is 1. The Hall–Kier alpha value is -1.82. The van der Waals surface area contributed by atoms with Crippen LogP contribution >= 0.6 is 11.8 Å². The summed E-state index contributed by atoms with van der Waals surface area (Å²) in [4.78, 5) is 12.0. The number of carbonyl (C=O) groups is 1. The largest absolute Gasteiger partial charge is 0.481 e. The minimum atomic E-state index is -0.701. The van der Waals surface area contributed by atoms with E-state index in [-0.39, 0.29) is 5.92 Å². The molecule has 0 amide bonds. The molecule has 1 saturated heterocycles. The Labute approximate surface area is 159 Å². The number of thioether (sulfide) groups is 1. The Balaban J connectivity index is 0.000000151. The van der Waals surface area contributed by atoms with Crippen molar-refractivity contribution in [3.05, 3.63) is 65.7 Å². The number of benzene rings is 2. The summed E-state index contributed by atoms with van der Waals surface area (Å²) in [5.41, 5.74) is 8.41. The van der Waals surface area contributed by atoms with Crippen molar-refractivity contribution < 1.29 is 9.90 Å². The maximum atomic E-state index is 10.9. The maximum Gasteiger partial charge on any atom is 0.311 e. The summed E-state index contributed by atoms with van der Waals surface area (Å²) >= 11 is 1.75. The number of fused-ring (bicyclic) bond motifs is 1. The highest BCUT2D eigenvalue weighted by atomic mass is 32.2. The number of carboxylic acid groups (broad SMARTS) is 1. The van der Waals surface area contributed by atoms with E-state index in [1.807, 2.05) is 30.3 Å². The van der Waals surface area contributed by atoms with Gasteiger partial charge in [-0.1, -0.05) is 48.5 Å². The van der Waals surface area contributed by atoms with Gasteiger partial charge in [0.05, 0.1) is 5.92 Å². The van der Waals surface area contributed by atoms with Gasteiger partial charge < -0.3 is 16.2 Å².